The largest absolute Gasteiger partial charge is 0.354 e. The quantitative estimate of drug-likeness (QED) is 0.905. The second kappa shape index (κ2) is 6.74. The number of benzene rings is 1. The van der Waals surface area contributed by atoms with Gasteiger partial charge in [0.25, 0.3) is 0 Å². The van der Waals surface area contributed by atoms with Crippen LogP contribution in [0.4, 0.5) is 17.3 Å². The fourth-order valence-corrected chi connectivity index (χ4v) is 3.52. The number of piperazine rings is 1. The van der Waals surface area contributed by atoms with Gasteiger partial charge in [-0.1, -0.05) is 18.2 Å². The van der Waals surface area contributed by atoms with Gasteiger partial charge in [-0.3, -0.25) is 0 Å². The molecule has 7 nitrogen and oxygen atoms in total. The number of para-hydroxylation sites is 1. The smallest absolute Gasteiger partial charge is 0.211 e. The molecule has 0 bridgehead atoms. The van der Waals surface area contributed by atoms with Gasteiger partial charge in [0, 0.05) is 37.9 Å². The minimum Gasteiger partial charge on any atom is -0.354 e. The Balaban J connectivity index is 1.75. The Morgan fingerprint density at radius 1 is 1.04 bits per heavy atom. The van der Waals surface area contributed by atoms with E-state index < -0.39 is 10.0 Å². The van der Waals surface area contributed by atoms with E-state index in [1.807, 2.05) is 43.3 Å². The van der Waals surface area contributed by atoms with Gasteiger partial charge in [-0.2, -0.15) is 4.31 Å². The second-order valence-electron chi connectivity index (χ2n) is 5.80. The lowest BCUT2D eigenvalue weighted by atomic mass is 10.3. The molecule has 3 rings (SSSR count). The molecule has 1 aromatic carbocycles. The third-order valence-corrected chi connectivity index (χ3v) is 5.21. The first-order valence-corrected chi connectivity index (χ1v) is 9.64. The lowest BCUT2D eigenvalue weighted by Crippen LogP contribution is -2.48. The van der Waals surface area contributed by atoms with E-state index >= 15 is 0 Å². The molecule has 24 heavy (non-hydrogen) atoms. The molecule has 0 atom stereocenters. The molecule has 0 amide bonds. The number of hydrogen-bond acceptors (Lipinski definition) is 6. The summed E-state index contributed by atoms with van der Waals surface area (Å²) >= 11 is 0. The van der Waals surface area contributed by atoms with Crippen molar-refractivity contribution in [3.8, 4) is 0 Å². The van der Waals surface area contributed by atoms with Crippen molar-refractivity contribution in [2.45, 2.75) is 6.92 Å². The molecule has 1 aliphatic heterocycles. The van der Waals surface area contributed by atoms with Crippen LogP contribution < -0.4 is 10.2 Å². The molecule has 0 unspecified atom stereocenters. The number of hydrogen-bond donors (Lipinski definition) is 1. The van der Waals surface area contributed by atoms with Crippen molar-refractivity contribution in [3.63, 3.8) is 0 Å². The number of nitrogens with one attached hydrogen (secondary N) is 1. The standard InChI is InChI=1S/C16H21N5O2S/c1-13-17-15(19-14-6-4-3-5-7-14)12-16(18-13)20-8-10-21(11-9-20)24(2,22)23/h3-7,12H,8-11H2,1-2H3,(H,17,18,19). The minimum atomic E-state index is -3.13. The summed E-state index contributed by atoms with van der Waals surface area (Å²) in [5.74, 6) is 2.22. The number of sulfonamides is 1. The molecule has 1 aliphatic rings. The van der Waals surface area contributed by atoms with E-state index in [0.717, 1.165) is 17.3 Å². The number of aryl methyl sites for hydroxylation is 1. The molecular formula is C16H21N5O2S. The molecule has 1 saturated heterocycles. The number of aromatic nitrogens is 2. The molecule has 2 aromatic rings. The fraction of sp³-hybridized carbons (Fsp3) is 0.375. The van der Waals surface area contributed by atoms with Crippen LogP contribution in [0.25, 0.3) is 0 Å². The Morgan fingerprint density at radius 2 is 1.71 bits per heavy atom. The first-order valence-electron chi connectivity index (χ1n) is 7.80. The number of anilines is 3. The summed E-state index contributed by atoms with van der Waals surface area (Å²) in [6.07, 6.45) is 1.25. The maximum Gasteiger partial charge on any atom is 0.211 e. The van der Waals surface area contributed by atoms with Crippen molar-refractivity contribution in [2.75, 3.05) is 42.7 Å². The lowest BCUT2D eigenvalue weighted by molar-refractivity contribution is 0.387. The van der Waals surface area contributed by atoms with Crippen LogP contribution in [-0.4, -0.2) is 55.1 Å². The van der Waals surface area contributed by atoms with Crippen molar-refractivity contribution in [3.05, 3.63) is 42.2 Å². The molecule has 1 fully saturated rings. The summed E-state index contributed by atoms with van der Waals surface area (Å²) in [6, 6.07) is 11.7. The Bertz CT molecular complexity index is 802. The molecule has 8 heteroatoms. The maximum absolute atomic E-state index is 11.6. The molecule has 1 aromatic heterocycles. The highest BCUT2D eigenvalue weighted by Gasteiger charge is 2.24. The zero-order chi connectivity index (χ0) is 17.2. The topological polar surface area (TPSA) is 78.4 Å². The summed E-state index contributed by atoms with van der Waals surface area (Å²) in [5.41, 5.74) is 0.962. The Labute approximate surface area is 142 Å². The van der Waals surface area contributed by atoms with E-state index in [9.17, 15) is 8.42 Å². The van der Waals surface area contributed by atoms with Crippen molar-refractivity contribution in [2.24, 2.45) is 0 Å². The van der Waals surface area contributed by atoms with Gasteiger partial charge < -0.3 is 10.2 Å². The van der Waals surface area contributed by atoms with Crippen LogP contribution in [0.3, 0.4) is 0 Å². The van der Waals surface area contributed by atoms with E-state index in [1.54, 1.807) is 0 Å². The van der Waals surface area contributed by atoms with Crippen LogP contribution in [-0.2, 0) is 10.0 Å². The molecule has 0 aliphatic carbocycles. The molecule has 0 spiro atoms. The van der Waals surface area contributed by atoms with Crippen LogP contribution in [0.5, 0.6) is 0 Å². The summed E-state index contributed by atoms with van der Waals surface area (Å²) in [5, 5.41) is 3.27. The highest BCUT2D eigenvalue weighted by molar-refractivity contribution is 7.88. The van der Waals surface area contributed by atoms with E-state index in [4.69, 9.17) is 0 Å². The third kappa shape index (κ3) is 4.01. The number of nitrogens with zero attached hydrogens (tertiary/aromatic N) is 4. The first-order chi connectivity index (χ1) is 11.4. The van der Waals surface area contributed by atoms with Crippen LogP contribution in [0.15, 0.2) is 36.4 Å². The zero-order valence-corrected chi connectivity index (χ0v) is 14.6. The van der Waals surface area contributed by atoms with Crippen LogP contribution in [0, 0.1) is 6.92 Å². The molecule has 0 saturated carbocycles. The molecule has 128 valence electrons. The van der Waals surface area contributed by atoms with Crippen molar-refractivity contribution < 1.29 is 8.42 Å². The average Bonchev–Trinajstić information content (AvgIpc) is 2.54. The average molecular weight is 347 g/mol. The highest BCUT2D eigenvalue weighted by Crippen LogP contribution is 2.21. The molecule has 0 radical (unpaired) electrons. The van der Waals surface area contributed by atoms with Crippen molar-refractivity contribution in [1.82, 2.24) is 14.3 Å². The van der Waals surface area contributed by atoms with Gasteiger partial charge in [-0.25, -0.2) is 18.4 Å². The van der Waals surface area contributed by atoms with Gasteiger partial charge in [0.05, 0.1) is 6.26 Å². The second-order valence-corrected chi connectivity index (χ2v) is 7.78. The Kier molecular flexibility index (Phi) is 4.68. The first kappa shape index (κ1) is 16.7. The van der Waals surface area contributed by atoms with Gasteiger partial charge in [-0.05, 0) is 19.1 Å². The maximum atomic E-state index is 11.6. The normalized spacial score (nSPS) is 16.2. The van der Waals surface area contributed by atoms with Gasteiger partial charge >= 0.3 is 0 Å². The van der Waals surface area contributed by atoms with Crippen LogP contribution in [0.1, 0.15) is 5.82 Å². The molecule has 1 N–H and O–H groups in total. The van der Waals surface area contributed by atoms with Crippen LogP contribution in [0.2, 0.25) is 0 Å². The van der Waals surface area contributed by atoms with E-state index in [1.165, 1.54) is 10.6 Å². The van der Waals surface area contributed by atoms with E-state index in [0.29, 0.717) is 32.0 Å². The summed E-state index contributed by atoms with van der Waals surface area (Å²) in [7, 11) is -3.13. The summed E-state index contributed by atoms with van der Waals surface area (Å²) in [4.78, 5) is 11.0. The monoisotopic (exact) mass is 347 g/mol. The zero-order valence-electron chi connectivity index (χ0n) is 13.8. The summed E-state index contributed by atoms with van der Waals surface area (Å²) < 4.78 is 24.7. The Hall–Kier alpha value is -2.19. The summed E-state index contributed by atoms with van der Waals surface area (Å²) in [6.45, 7) is 4.04. The van der Waals surface area contributed by atoms with E-state index in [-0.39, 0.29) is 0 Å². The van der Waals surface area contributed by atoms with E-state index in [2.05, 4.69) is 20.2 Å². The molecular weight excluding hydrogens is 326 g/mol. The lowest BCUT2D eigenvalue weighted by Gasteiger charge is -2.34. The van der Waals surface area contributed by atoms with Gasteiger partial charge in [0.1, 0.15) is 17.5 Å². The van der Waals surface area contributed by atoms with Crippen molar-refractivity contribution >= 4 is 27.3 Å². The fourth-order valence-electron chi connectivity index (χ4n) is 2.70. The third-order valence-electron chi connectivity index (χ3n) is 3.90. The Morgan fingerprint density at radius 3 is 2.33 bits per heavy atom. The minimum absolute atomic E-state index is 0.476. The van der Waals surface area contributed by atoms with Gasteiger partial charge in [0.15, 0.2) is 0 Å². The predicted molar refractivity (Wildman–Crippen MR) is 95.1 cm³/mol. The SMILES string of the molecule is Cc1nc(Nc2ccccc2)cc(N2CCN(S(C)(=O)=O)CC2)n1. The van der Waals surface area contributed by atoms with Crippen LogP contribution >= 0.6 is 0 Å². The van der Waals surface area contributed by atoms with Gasteiger partial charge in [0.2, 0.25) is 10.0 Å². The molecule has 2 heterocycles. The highest BCUT2D eigenvalue weighted by atomic mass is 32.2. The van der Waals surface area contributed by atoms with Crippen molar-refractivity contribution in [1.29, 1.82) is 0 Å². The van der Waals surface area contributed by atoms with Gasteiger partial charge in [-0.15, -0.1) is 0 Å². The number of rotatable bonds is 4. The predicted octanol–water partition coefficient (Wildman–Crippen LogP) is 1.61.